The van der Waals surface area contributed by atoms with Gasteiger partial charge in [0, 0.05) is 5.56 Å². The molecule has 0 saturated heterocycles. The second-order valence-electron chi connectivity index (χ2n) is 6.24. The van der Waals surface area contributed by atoms with Crippen molar-refractivity contribution in [3.63, 3.8) is 0 Å². The lowest BCUT2D eigenvalue weighted by Gasteiger charge is -2.35. The molecule has 126 valence electrons. The first-order valence-electron chi connectivity index (χ1n) is 7.36. The van der Waals surface area contributed by atoms with E-state index in [4.69, 9.17) is 0 Å². The monoisotopic (exact) mass is 332 g/mol. The molecule has 0 spiro atoms. The first-order chi connectivity index (χ1) is 11.2. The van der Waals surface area contributed by atoms with Crippen LogP contribution in [0.5, 0.6) is 0 Å². The van der Waals surface area contributed by atoms with E-state index in [-0.39, 0.29) is 0 Å². The molecule has 4 nitrogen and oxygen atoms in total. The molecule has 0 radical (unpaired) electrons. The second kappa shape index (κ2) is 6.78. The van der Waals surface area contributed by atoms with Crippen molar-refractivity contribution < 1.29 is 18.4 Å². The molecule has 0 saturated carbocycles. The van der Waals surface area contributed by atoms with Crippen molar-refractivity contribution in [1.29, 1.82) is 0 Å². The van der Waals surface area contributed by atoms with Gasteiger partial charge < -0.3 is 0 Å². The highest BCUT2D eigenvalue weighted by Gasteiger charge is 2.31. The van der Waals surface area contributed by atoms with E-state index in [9.17, 15) is 18.4 Å². The molecule has 0 fully saturated rings. The predicted molar refractivity (Wildman–Crippen MR) is 86.2 cm³/mol. The largest absolute Gasteiger partial charge is 0.275 e. The quantitative estimate of drug-likeness (QED) is 0.855. The molecule has 0 atom stereocenters. The highest BCUT2D eigenvalue weighted by Crippen LogP contribution is 2.18. The zero-order valence-electron chi connectivity index (χ0n) is 13.6. The van der Waals surface area contributed by atoms with Crippen molar-refractivity contribution in [2.75, 3.05) is 0 Å². The van der Waals surface area contributed by atoms with Crippen molar-refractivity contribution in [2.24, 2.45) is 0 Å². The van der Waals surface area contributed by atoms with Crippen molar-refractivity contribution in [2.45, 2.75) is 26.3 Å². The normalized spacial score (nSPS) is 11.0. The summed E-state index contributed by atoms with van der Waals surface area (Å²) >= 11 is 0. The molecule has 2 amide bonds. The van der Waals surface area contributed by atoms with Gasteiger partial charge in [0.05, 0.1) is 11.1 Å². The number of carbonyl (C=O) groups is 2. The van der Waals surface area contributed by atoms with Gasteiger partial charge in [0.2, 0.25) is 0 Å². The van der Waals surface area contributed by atoms with Crippen molar-refractivity contribution in [3.8, 4) is 0 Å². The van der Waals surface area contributed by atoms with Gasteiger partial charge in [0.1, 0.15) is 11.6 Å². The van der Waals surface area contributed by atoms with E-state index in [0.717, 1.165) is 23.2 Å². The molecular formula is C18H18F2N2O2. The third-order valence-electron chi connectivity index (χ3n) is 3.28. The minimum atomic E-state index is -0.857. The molecule has 0 aliphatic heterocycles. The number of halogens is 2. The van der Waals surface area contributed by atoms with Gasteiger partial charge in [-0.25, -0.2) is 13.8 Å². The summed E-state index contributed by atoms with van der Waals surface area (Å²) < 4.78 is 27.3. The van der Waals surface area contributed by atoms with E-state index in [1.54, 1.807) is 51.1 Å². The van der Waals surface area contributed by atoms with Crippen LogP contribution < -0.4 is 5.43 Å². The van der Waals surface area contributed by atoms with Crippen molar-refractivity contribution in [1.82, 2.24) is 10.4 Å². The Morgan fingerprint density at radius 1 is 1.00 bits per heavy atom. The minimum Gasteiger partial charge on any atom is -0.267 e. The van der Waals surface area contributed by atoms with Crippen molar-refractivity contribution >= 4 is 11.8 Å². The van der Waals surface area contributed by atoms with E-state index in [1.165, 1.54) is 0 Å². The average molecular weight is 332 g/mol. The van der Waals surface area contributed by atoms with E-state index >= 15 is 0 Å². The lowest BCUT2D eigenvalue weighted by Crippen LogP contribution is -2.56. The molecule has 2 aromatic rings. The summed E-state index contributed by atoms with van der Waals surface area (Å²) in [4.78, 5) is 25.0. The van der Waals surface area contributed by atoms with Crippen molar-refractivity contribution in [3.05, 3.63) is 71.3 Å². The van der Waals surface area contributed by atoms with E-state index in [0.29, 0.717) is 5.56 Å². The Bertz CT molecular complexity index is 755. The number of benzene rings is 2. The molecule has 0 aliphatic rings. The average Bonchev–Trinajstić information content (AvgIpc) is 2.53. The standard InChI is InChI=1S/C18H18F2N2O2/c1-18(2,3)22(21-16(23)12-7-5-4-6-8-12)17(24)14-11-13(19)9-10-15(14)20/h4-11H,1-3H3,(H,21,23). The summed E-state index contributed by atoms with van der Waals surface area (Å²) in [5.41, 5.74) is 1.53. The van der Waals surface area contributed by atoms with Crippen LogP contribution in [-0.2, 0) is 0 Å². The van der Waals surface area contributed by atoms with Gasteiger partial charge in [-0.1, -0.05) is 18.2 Å². The van der Waals surface area contributed by atoms with Gasteiger partial charge in [-0.2, -0.15) is 0 Å². The van der Waals surface area contributed by atoms with Crippen LogP contribution in [0.4, 0.5) is 8.78 Å². The van der Waals surface area contributed by atoms with Crippen LogP contribution in [0.2, 0.25) is 0 Å². The topological polar surface area (TPSA) is 49.4 Å². The predicted octanol–water partition coefficient (Wildman–Crippen LogP) is 3.55. The van der Waals surface area contributed by atoms with E-state index in [2.05, 4.69) is 5.43 Å². The summed E-state index contributed by atoms with van der Waals surface area (Å²) in [5, 5.41) is 1.00. The summed E-state index contributed by atoms with van der Waals surface area (Å²) in [6.07, 6.45) is 0. The van der Waals surface area contributed by atoms with Gasteiger partial charge in [-0.05, 0) is 51.1 Å². The number of hydrogen-bond donors (Lipinski definition) is 1. The van der Waals surface area contributed by atoms with Crippen LogP contribution in [0, 0.1) is 11.6 Å². The molecule has 6 heteroatoms. The maximum atomic E-state index is 13.9. The molecular weight excluding hydrogens is 314 g/mol. The number of hydrogen-bond acceptors (Lipinski definition) is 2. The Morgan fingerprint density at radius 2 is 1.62 bits per heavy atom. The van der Waals surface area contributed by atoms with Crippen LogP contribution in [0.3, 0.4) is 0 Å². The molecule has 0 aliphatic carbocycles. The highest BCUT2D eigenvalue weighted by molar-refractivity contribution is 5.99. The Hall–Kier alpha value is -2.76. The third kappa shape index (κ3) is 3.95. The van der Waals surface area contributed by atoms with Gasteiger partial charge in [-0.3, -0.25) is 15.0 Å². The molecule has 1 N–H and O–H groups in total. The number of nitrogens with one attached hydrogen (secondary N) is 1. The second-order valence-corrected chi connectivity index (χ2v) is 6.24. The van der Waals surface area contributed by atoms with Crippen LogP contribution in [-0.4, -0.2) is 22.4 Å². The zero-order chi connectivity index (χ0) is 17.9. The Labute approximate surface area is 139 Å². The molecule has 2 rings (SSSR count). The van der Waals surface area contributed by atoms with Crippen LogP contribution in [0.25, 0.3) is 0 Å². The Balaban J connectivity index is 2.34. The SMILES string of the molecule is CC(C)(C)N(NC(=O)c1ccccc1)C(=O)c1cc(F)ccc1F. The van der Waals surface area contributed by atoms with Crippen LogP contribution in [0.1, 0.15) is 41.5 Å². The van der Waals surface area contributed by atoms with Crippen LogP contribution in [0.15, 0.2) is 48.5 Å². The summed E-state index contributed by atoms with van der Waals surface area (Å²) in [7, 11) is 0. The molecule has 0 bridgehead atoms. The maximum Gasteiger partial charge on any atom is 0.275 e. The number of hydrazine groups is 1. The number of nitrogens with zero attached hydrogens (tertiary/aromatic N) is 1. The Morgan fingerprint density at radius 3 is 2.21 bits per heavy atom. The fourth-order valence-corrected chi connectivity index (χ4v) is 2.06. The van der Waals surface area contributed by atoms with Gasteiger partial charge >= 0.3 is 0 Å². The molecule has 0 aromatic heterocycles. The summed E-state index contributed by atoms with van der Waals surface area (Å²) in [6.45, 7) is 5.02. The Kier molecular flexibility index (Phi) is 4.97. The number of carbonyl (C=O) groups excluding carboxylic acids is 2. The summed E-state index contributed by atoms with van der Waals surface area (Å²) in [6, 6.07) is 10.9. The number of amides is 2. The fraction of sp³-hybridized carbons (Fsp3) is 0.222. The molecule has 0 heterocycles. The lowest BCUT2D eigenvalue weighted by atomic mass is 10.1. The van der Waals surface area contributed by atoms with Gasteiger partial charge in [-0.15, -0.1) is 0 Å². The highest BCUT2D eigenvalue weighted by atomic mass is 19.1. The number of rotatable bonds is 2. The van der Waals surface area contributed by atoms with E-state index in [1.807, 2.05) is 0 Å². The third-order valence-corrected chi connectivity index (χ3v) is 3.28. The molecule has 24 heavy (non-hydrogen) atoms. The fourth-order valence-electron chi connectivity index (χ4n) is 2.06. The molecule has 2 aromatic carbocycles. The smallest absolute Gasteiger partial charge is 0.267 e. The molecule has 0 unspecified atom stereocenters. The first kappa shape index (κ1) is 17.6. The van der Waals surface area contributed by atoms with Gasteiger partial charge in [0.15, 0.2) is 0 Å². The lowest BCUT2D eigenvalue weighted by molar-refractivity contribution is 0.0354. The first-order valence-corrected chi connectivity index (χ1v) is 7.36. The zero-order valence-corrected chi connectivity index (χ0v) is 13.6. The maximum absolute atomic E-state index is 13.9. The van der Waals surface area contributed by atoms with Crippen LogP contribution >= 0.6 is 0 Å². The van der Waals surface area contributed by atoms with Gasteiger partial charge in [0.25, 0.3) is 11.8 Å². The van der Waals surface area contributed by atoms with E-state index < -0.39 is 34.6 Å². The minimum absolute atomic E-state index is 0.347. The summed E-state index contributed by atoms with van der Waals surface area (Å²) in [5.74, 6) is -2.94.